The molecule has 20 heavy (non-hydrogen) atoms. The van der Waals surface area contributed by atoms with Crippen LogP contribution in [-0.2, 0) is 0 Å². The molecule has 3 rings (SSSR count). The summed E-state index contributed by atoms with van der Waals surface area (Å²) in [7, 11) is 1.91. The largest absolute Gasteiger partial charge is 0.309 e. The maximum absolute atomic E-state index is 6.27. The van der Waals surface area contributed by atoms with Crippen LogP contribution < -0.4 is 5.32 Å². The molecular formula is C15H12Cl2N2S. The second-order valence-electron chi connectivity index (χ2n) is 4.46. The highest BCUT2D eigenvalue weighted by molar-refractivity contribution is 7.20. The fourth-order valence-electron chi connectivity index (χ4n) is 2.31. The van der Waals surface area contributed by atoms with E-state index in [9.17, 15) is 0 Å². The highest BCUT2D eigenvalue weighted by atomic mass is 35.5. The molecule has 102 valence electrons. The van der Waals surface area contributed by atoms with Crippen molar-refractivity contribution in [1.29, 1.82) is 0 Å². The monoisotopic (exact) mass is 322 g/mol. The van der Waals surface area contributed by atoms with Crippen LogP contribution in [0.5, 0.6) is 0 Å². The summed E-state index contributed by atoms with van der Waals surface area (Å²) in [6.07, 6.45) is 1.80. The number of aromatic nitrogens is 1. The van der Waals surface area contributed by atoms with Crippen molar-refractivity contribution in [1.82, 2.24) is 10.3 Å². The lowest BCUT2D eigenvalue weighted by molar-refractivity contribution is 0.695. The zero-order valence-corrected chi connectivity index (χ0v) is 13.1. The van der Waals surface area contributed by atoms with Gasteiger partial charge in [-0.1, -0.05) is 41.4 Å². The molecule has 2 aromatic heterocycles. The van der Waals surface area contributed by atoms with Crippen molar-refractivity contribution in [3.8, 4) is 0 Å². The lowest BCUT2D eigenvalue weighted by atomic mass is 10.00. The molecule has 0 saturated heterocycles. The fourth-order valence-corrected chi connectivity index (χ4v) is 3.85. The number of nitrogens with zero attached hydrogens (tertiary/aromatic N) is 1. The van der Waals surface area contributed by atoms with Gasteiger partial charge in [0.15, 0.2) is 0 Å². The first-order chi connectivity index (χ1) is 9.69. The molecule has 2 nitrogen and oxygen atoms in total. The van der Waals surface area contributed by atoms with Gasteiger partial charge in [0.05, 0.1) is 20.2 Å². The van der Waals surface area contributed by atoms with Crippen LogP contribution in [0.15, 0.2) is 42.6 Å². The van der Waals surface area contributed by atoms with E-state index in [0.29, 0.717) is 4.34 Å². The summed E-state index contributed by atoms with van der Waals surface area (Å²) in [5.41, 5.74) is 3.09. The predicted octanol–water partition coefficient (Wildman–Crippen LogP) is 4.91. The minimum absolute atomic E-state index is 0.0117. The normalized spacial score (nSPS) is 12.8. The zero-order chi connectivity index (χ0) is 14.1. The number of hydrogen-bond acceptors (Lipinski definition) is 3. The molecule has 0 fully saturated rings. The van der Waals surface area contributed by atoms with Crippen LogP contribution in [0.25, 0.3) is 10.9 Å². The smallest absolute Gasteiger partial charge is 0.0995 e. The summed E-state index contributed by atoms with van der Waals surface area (Å²) in [6.45, 7) is 0. The summed E-state index contributed by atoms with van der Waals surface area (Å²) in [5, 5.41) is 4.41. The maximum Gasteiger partial charge on any atom is 0.0995 e. The number of hydrogen-bond donors (Lipinski definition) is 1. The van der Waals surface area contributed by atoms with Crippen LogP contribution in [0.4, 0.5) is 0 Å². The molecule has 0 aliphatic carbocycles. The van der Waals surface area contributed by atoms with E-state index in [1.807, 2.05) is 19.2 Å². The third kappa shape index (κ3) is 2.54. The second kappa shape index (κ2) is 5.70. The van der Waals surface area contributed by atoms with Gasteiger partial charge in [-0.3, -0.25) is 4.98 Å². The number of fused-ring (bicyclic) bond motifs is 1. The molecule has 1 aromatic carbocycles. The van der Waals surface area contributed by atoms with Crippen LogP contribution >= 0.6 is 34.5 Å². The number of pyridine rings is 1. The minimum atomic E-state index is 0.0117. The predicted molar refractivity (Wildman–Crippen MR) is 87.0 cm³/mol. The summed E-state index contributed by atoms with van der Waals surface area (Å²) in [6, 6.07) is 12.2. The van der Waals surface area contributed by atoms with Gasteiger partial charge in [0.2, 0.25) is 0 Å². The Morgan fingerprint density at radius 3 is 2.75 bits per heavy atom. The molecule has 1 atom stereocenters. The molecule has 0 aliphatic rings. The first kappa shape index (κ1) is 13.8. The SMILES string of the molecule is CNC(c1ccc2cccnc2c1)c1cc(Cl)sc1Cl. The third-order valence-electron chi connectivity index (χ3n) is 3.25. The molecule has 0 saturated carbocycles. The lowest BCUT2D eigenvalue weighted by Gasteiger charge is -2.16. The van der Waals surface area contributed by atoms with E-state index in [2.05, 4.69) is 34.6 Å². The molecule has 5 heteroatoms. The van der Waals surface area contributed by atoms with Gasteiger partial charge in [0, 0.05) is 17.1 Å². The number of nitrogens with one attached hydrogen (secondary N) is 1. The molecular weight excluding hydrogens is 311 g/mol. The molecule has 0 bridgehead atoms. The first-order valence-corrected chi connectivity index (χ1v) is 7.73. The van der Waals surface area contributed by atoms with Gasteiger partial charge in [-0.25, -0.2) is 0 Å². The fraction of sp³-hybridized carbons (Fsp3) is 0.133. The van der Waals surface area contributed by atoms with Crippen molar-refractivity contribution in [2.75, 3.05) is 7.05 Å². The van der Waals surface area contributed by atoms with Crippen LogP contribution in [0, 0.1) is 0 Å². The van der Waals surface area contributed by atoms with Crippen molar-refractivity contribution in [2.24, 2.45) is 0 Å². The van der Waals surface area contributed by atoms with E-state index >= 15 is 0 Å². The lowest BCUT2D eigenvalue weighted by Crippen LogP contribution is -2.17. The van der Waals surface area contributed by atoms with Gasteiger partial charge >= 0.3 is 0 Å². The maximum atomic E-state index is 6.27. The molecule has 3 aromatic rings. The Morgan fingerprint density at radius 2 is 2.05 bits per heavy atom. The minimum Gasteiger partial charge on any atom is -0.309 e. The molecule has 0 amide bonds. The second-order valence-corrected chi connectivity index (χ2v) is 6.74. The molecule has 0 spiro atoms. The molecule has 1 N–H and O–H groups in total. The van der Waals surface area contributed by atoms with Crippen LogP contribution in [0.3, 0.4) is 0 Å². The highest BCUT2D eigenvalue weighted by Crippen LogP contribution is 2.37. The average molecular weight is 323 g/mol. The molecule has 1 unspecified atom stereocenters. The van der Waals surface area contributed by atoms with E-state index in [-0.39, 0.29) is 6.04 Å². The van der Waals surface area contributed by atoms with Gasteiger partial charge in [0.25, 0.3) is 0 Å². The topological polar surface area (TPSA) is 24.9 Å². The number of benzene rings is 1. The van der Waals surface area contributed by atoms with Crippen molar-refractivity contribution in [3.63, 3.8) is 0 Å². The van der Waals surface area contributed by atoms with Crippen molar-refractivity contribution < 1.29 is 0 Å². The summed E-state index contributed by atoms with van der Waals surface area (Å²) >= 11 is 13.7. The highest BCUT2D eigenvalue weighted by Gasteiger charge is 2.18. The quantitative estimate of drug-likeness (QED) is 0.740. The van der Waals surface area contributed by atoms with Crippen molar-refractivity contribution >= 4 is 45.4 Å². The third-order valence-corrected chi connectivity index (χ3v) is 4.76. The average Bonchev–Trinajstić information content (AvgIpc) is 2.78. The van der Waals surface area contributed by atoms with Crippen molar-refractivity contribution in [3.05, 3.63) is 62.4 Å². The van der Waals surface area contributed by atoms with E-state index < -0.39 is 0 Å². The van der Waals surface area contributed by atoms with Crippen LogP contribution in [0.2, 0.25) is 8.67 Å². The van der Waals surface area contributed by atoms with Gasteiger partial charge in [0.1, 0.15) is 0 Å². The van der Waals surface area contributed by atoms with Crippen LogP contribution in [0.1, 0.15) is 17.2 Å². The zero-order valence-electron chi connectivity index (χ0n) is 10.7. The van der Waals surface area contributed by atoms with E-state index in [1.54, 1.807) is 6.20 Å². The molecule has 2 heterocycles. The summed E-state index contributed by atoms with van der Waals surface area (Å²) < 4.78 is 1.42. The Bertz CT molecular complexity index is 754. The van der Waals surface area contributed by atoms with E-state index in [0.717, 1.165) is 26.4 Å². The van der Waals surface area contributed by atoms with Crippen molar-refractivity contribution in [2.45, 2.75) is 6.04 Å². The summed E-state index contributed by atoms with van der Waals surface area (Å²) in [4.78, 5) is 4.40. The van der Waals surface area contributed by atoms with Gasteiger partial charge in [-0.2, -0.15) is 0 Å². The van der Waals surface area contributed by atoms with Gasteiger partial charge in [-0.15, -0.1) is 11.3 Å². The van der Waals surface area contributed by atoms with Gasteiger partial charge in [-0.05, 0) is 30.8 Å². The Hall–Kier alpha value is -1.13. The number of rotatable bonds is 3. The van der Waals surface area contributed by atoms with E-state index in [4.69, 9.17) is 23.2 Å². The number of thiophene rings is 1. The Morgan fingerprint density at radius 1 is 1.20 bits per heavy atom. The van der Waals surface area contributed by atoms with Crippen LogP contribution in [-0.4, -0.2) is 12.0 Å². The van der Waals surface area contributed by atoms with Gasteiger partial charge < -0.3 is 5.32 Å². The Labute approximate surface area is 131 Å². The molecule has 0 radical (unpaired) electrons. The number of halogens is 2. The molecule has 0 aliphatic heterocycles. The van der Waals surface area contributed by atoms with E-state index in [1.165, 1.54) is 11.3 Å². The Balaban J connectivity index is 2.09. The summed E-state index contributed by atoms with van der Waals surface area (Å²) in [5.74, 6) is 0. The standard InChI is InChI=1S/C15H12Cl2N2S/c1-18-14(11-8-13(16)20-15(11)17)10-5-4-9-3-2-6-19-12(9)7-10/h2-8,14,18H,1H3. The Kier molecular flexibility index (Phi) is 3.94. The first-order valence-electron chi connectivity index (χ1n) is 6.15.